The maximum atomic E-state index is 12.3. The zero-order valence-electron chi connectivity index (χ0n) is 15.4. The normalized spacial score (nSPS) is 11.2. The van der Waals surface area contributed by atoms with Crippen LogP contribution in [0.5, 0.6) is 0 Å². The van der Waals surface area contributed by atoms with Crippen molar-refractivity contribution in [2.75, 3.05) is 6.54 Å². The zero-order chi connectivity index (χ0) is 20.1. The maximum absolute atomic E-state index is 12.3. The number of nitrogens with one attached hydrogen (secondary N) is 1. The van der Waals surface area contributed by atoms with Crippen molar-refractivity contribution < 1.29 is 13.2 Å². The van der Waals surface area contributed by atoms with Gasteiger partial charge in [-0.1, -0.05) is 24.3 Å². The number of amides is 1. The maximum Gasteiger partial charge on any atom is 0.251 e. The predicted molar refractivity (Wildman–Crippen MR) is 108 cm³/mol. The Kier molecular flexibility index (Phi) is 5.87. The number of pyridine rings is 1. The van der Waals surface area contributed by atoms with Gasteiger partial charge in [0, 0.05) is 23.9 Å². The number of aromatic nitrogens is 1. The molecule has 0 atom stereocenters. The van der Waals surface area contributed by atoms with Crippen LogP contribution in [0.2, 0.25) is 0 Å². The second-order valence-corrected chi connectivity index (χ2v) is 8.05. The topological polar surface area (TPSA) is 102 Å². The molecule has 1 heterocycles. The van der Waals surface area contributed by atoms with Crippen molar-refractivity contribution in [3.63, 3.8) is 0 Å². The largest absolute Gasteiger partial charge is 0.352 e. The number of benzene rings is 2. The van der Waals surface area contributed by atoms with Crippen LogP contribution in [0.25, 0.3) is 11.3 Å². The quantitative estimate of drug-likeness (QED) is 0.670. The van der Waals surface area contributed by atoms with Gasteiger partial charge < -0.3 is 5.32 Å². The van der Waals surface area contributed by atoms with E-state index in [1.807, 2.05) is 31.2 Å². The number of hydrogen-bond acceptors (Lipinski definition) is 4. The highest BCUT2D eigenvalue weighted by atomic mass is 32.2. The van der Waals surface area contributed by atoms with Gasteiger partial charge in [-0.15, -0.1) is 0 Å². The van der Waals surface area contributed by atoms with E-state index in [1.54, 1.807) is 30.5 Å². The monoisotopic (exact) mass is 395 g/mol. The second-order valence-electron chi connectivity index (χ2n) is 6.49. The summed E-state index contributed by atoms with van der Waals surface area (Å²) in [6.07, 6.45) is 2.35. The predicted octanol–water partition coefficient (Wildman–Crippen LogP) is 2.68. The van der Waals surface area contributed by atoms with E-state index in [2.05, 4.69) is 10.3 Å². The van der Waals surface area contributed by atoms with E-state index >= 15 is 0 Å². The van der Waals surface area contributed by atoms with Crippen LogP contribution < -0.4 is 10.5 Å². The van der Waals surface area contributed by atoms with Gasteiger partial charge in [0.15, 0.2) is 0 Å². The number of hydrogen-bond donors (Lipinski definition) is 2. The first-order chi connectivity index (χ1) is 13.3. The number of sulfonamides is 1. The van der Waals surface area contributed by atoms with Crippen LogP contribution in [-0.4, -0.2) is 25.9 Å². The van der Waals surface area contributed by atoms with Crippen molar-refractivity contribution in [3.05, 3.63) is 83.6 Å². The molecule has 3 aromatic rings. The number of rotatable bonds is 6. The van der Waals surface area contributed by atoms with Gasteiger partial charge in [0.05, 0.1) is 10.6 Å². The highest BCUT2D eigenvalue weighted by molar-refractivity contribution is 7.89. The van der Waals surface area contributed by atoms with Gasteiger partial charge in [-0.2, -0.15) is 0 Å². The van der Waals surface area contributed by atoms with E-state index in [0.717, 1.165) is 22.4 Å². The number of aryl methyl sites for hydroxylation is 1. The van der Waals surface area contributed by atoms with E-state index in [0.29, 0.717) is 18.5 Å². The molecule has 7 heteroatoms. The Balaban J connectivity index is 1.56. The minimum Gasteiger partial charge on any atom is -0.352 e. The van der Waals surface area contributed by atoms with Gasteiger partial charge >= 0.3 is 0 Å². The van der Waals surface area contributed by atoms with Crippen LogP contribution in [0.15, 0.2) is 71.8 Å². The molecule has 3 N–H and O–H groups in total. The highest BCUT2D eigenvalue weighted by Gasteiger charge is 2.08. The fourth-order valence-corrected chi connectivity index (χ4v) is 3.27. The summed E-state index contributed by atoms with van der Waals surface area (Å²) in [4.78, 5) is 16.7. The summed E-state index contributed by atoms with van der Waals surface area (Å²) in [5.74, 6) is -0.162. The van der Waals surface area contributed by atoms with Crippen LogP contribution in [0.1, 0.15) is 21.5 Å². The van der Waals surface area contributed by atoms with Gasteiger partial charge in [-0.3, -0.25) is 9.78 Å². The van der Waals surface area contributed by atoms with Crippen molar-refractivity contribution >= 4 is 15.9 Å². The molecule has 0 aliphatic heterocycles. The molecule has 0 saturated carbocycles. The summed E-state index contributed by atoms with van der Waals surface area (Å²) < 4.78 is 22.5. The molecule has 0 saturated heterocycles. The fraction of sp³-hybridized carbons (Fsp3) is 0.143. The third-order valence-corrected chi connectivity index (χ3v) is 5.24. The molecule has 2 aromatic carbocycles. The van der Waals surface area contributed by atoms with Crippen LogP contribution in [0, 0.1) is 6.92 Å². The van der Waals surface area contributed by atoms with Gasteiger partial charge in [-0.25, -0.2) is 13.6 Å². The first-order valence-corrected chi connectivity index (χ1v) is 10.3. The molecular formula is C21H21N3O3S. The van der Waals surface area contributed by atoms with E-state index in [4.69, 9.17) is 5.14 Å². The number of carbonyl (C=O) groups excluding carboxylic acids is 1. The van der Waals surface area contributed by atoms with Crippen LogP contribution in [0.3, 0.4) is 0 Å². The highest BCUT2D eigenvalue weighted by Crippen LogP contribution is 2.18. The van der Waals surface area contributed by atoms with Crippen LogP contribution in [-0.2, 0) is 16.4 Å². The van der Waals surface area contributed by atoms with Gasteiger partial charge in [0.2, 0.25) is 10.0 Å². The number of nitrogens with two attached hydrogens (primary N) is 1. The van der Waals surface area contributed by atoms with Gasteiger partial charge in [0.1, 0.15) is 0 Å². The minimum atomic E-state index is -3.69. The van der Waals surface area contributed by atoms with E-state index in [-0.39, 0.29) is 10.8 Å². The Morgan fingerprint density at radius 3 is 2.32 bits per heavy atom. The van der Waals surface area contributed by atoms with E-state index < -0.39 is 10.0 Å². The molecule has 28 heavy (non-hydrogen) atoms. The molecule has 144 valence electrons. The fourth-order valence-electron chi connectivity index (χ4n) is 2.75. The first kappa shape index (κ1) is 19.7. The van der Waals surface area contributed by atoms with Crippen LogP contribution in [0.4, 0.5) is 0 Å². The van der Waals surface area contributed by atoms with Crippen molar-refractivity contribution in [2.24, 2.45) is 5.14 Å². The summed E-state index contributed by atoms with van der Waals surface area (Å²) in [6, 6.07) is 17.5. The Hall–Kier alpha value is -3.03. The summed E-state index contributed by atoms with van der Waals surface area (Å²) >= 11 is 0. The third-order valence-electron chi connectivity index (χ3n) is 4.31. The Morgan fingerprint density at radius 1 is 1.04 bits per heavy atom. The van der Waals surface area contributed by atoms with Crippen molar-refractivity contribution in [1.29, 1.82) is 0 Å². The second kappa shape index (κ2) is 8.33. The Labute approximate surface area is 164 Å². The summed E-state index contributed by atoms with van der Waals surface area (Å²) in [7, 11) is -3.69. The molecule has 3 rings (SSSR count). The smallest absolute Gasteiger partial charge is 0.251 e. The molecule has 0 aliphatic carbocycles. The summed E-state index contributed by atoms with van der Waals surface area (Å²) in [6.45, 7) is 2.45. The zero-order valence-corrected chi connectivity index (χ0v) is 16.2. The lowest BCUT2D eigenvalue weighted by Gasteiger charge is -2.07. The molecule has 6 nitrogen and oxygen atoms in total. The molecule has 0 bridgehead atoms. The number of carbonyl (C=O) groups is 1. The SMILES string of the molecule is Cc1ccnc(-c2ccc(C(=O)NCCc3ccc(S(N)(=O)=O)cc3)cc2)c1. The minimum absolute atomic E-state index is 0.0727. The third kappa shape index (κ3) is 5.03. The molecule has 1 aromatic heterocycles. The number of primary sulfonamides is 1. The van der Waals surface area contributed by atoms with E-state index in [1.165, 1.54) is 12.1 Å². The summed E-state index contributed by atoms with van der Waals surface area (Å²) in [5.41, 5.74) is 4.43. The average molecular weight is 395 g/mol. The van der Waals surface area contributed by atoms with Crippen molar-refractivity contribution in [1.82, 2.24) is 10.3 Å². The first-order valence-electron chi connectivity index (χ1n) is 8.76. The molecule has 0 radical (unpaired) electrons. The molecule has 0 spiro atoms. The standard InChI is InChI=1S/C21H21N3O3S/c1-15-10-12-23-20(14-15)17-4-6-18(7-5-17)21(25)24-13-11-16-2-8-19(9-3-16)28(22,26)27/h2-10,12,14H,11,13H2,1H3,(H,24,25)(H2,22,26,27). The van der Waals surface area contributed by atoms with E-state index in [9.17, 15) is 13.2 Å². The van der Waals surface area contributed by atoms with Crippen molar-refractivity contribution in [2.45, 2.75) is 18.2 Å². The lowest BCUT2D eigenvalue weighted by molar-refractivity contribution is 0.0954. The number of nitrogens with zero attached hydrogens (tertiary/aromatic N) is 1. The molecule has 0 unspecified atom stereocenters. The Morgan fingerprint density at radius 2 is 1.71 bits per heavy atom. The lowest BCUT2D eigenvalue weighted by Crippen LogP contribution is -2.25. The van der Waals surface area contributed by atoms with Crippen molar-refractivity contribution in [3.8, 4) is 11.3 Å². The van der Waals surface area contributed by atoms with Gasteiger partial charge in [0.25, 0.3) is 5.91 Å². The summed E-state index contributed by atoms with van der Waals surface area (Å²) in [5, 5.41) is 7.94. The lowest BCUT2D eigenvalue weighted by atomic mass is 10.1. The average Bonchev–Trinajstić information content (AvgIpc) is 2.68. The van der Waals surface area contributed by atoms with Gasteiger partial charge in [-0.05, 0) is 60.9 Å². The van der Waals surface area contributed by atoms with Crippen LogP contribution >= 0.6 is 0 Å². The Bertz CT molecular complexity index is 1080. The molecule has 1 amide bonds. The molecule has 0 aliphatic rings. The molecule has 0 fully saturated rings. The molecular weight excluding hydrogens is 374 g/mol.